The maximum Gasteiger partial charge on any atom is 0.244 e. The minimum absolute atomic E-state index is 0.0552. The molecule has 1 aromatic heterocycles. The van der Waals surface area contributed by atoms with Gasteiger partial charge in [0.05, 0.1) is 11.9 Å². The Morgan fingerprint density at radius 2 is 2.25 bits per heavy atom. The van der Waals surface area contributed by atoms with Gasteiger partial charge in [0.1, 0.15) is 10.7 Å². The molecule has 0 atom stereocenters. The monoisotopic (exact) mass is 293 g/mol. The first-order chi connectivity index (χ1) is 9.40. The van der Waals surface area contributed by atoms with Crippen LogP contribution >= 0.6 is 0 Å². The maximum absolute atomic E-state index is 12.1. The van der Waals surface area contributed by atoms with Gasteiger partial charge in [-0.25, -0.2) is 13.1 Å². The minimum atomic E-state index is -3.61. The molecular formula is C12H15N5O2S. The summed E-state index contributed by atoms with van der Waals surface area (Å²) in [6.07, 6.45) is 1.27. The van der Waals surface area contributed by atoms with Gasteiger partial charge in [-0.15, -0.1) is 0 Å². The summed E-state index contributed by atoms with van der Waals surface area (Å²) in [5.41, 5.74) is 7.16. The number of hydrogen-bond acceptors (Lipinski definition) is 4. The number of nitrogens with zero attached hydrogens (tertiary/aromatic N) is 1. The highest BCUT2D eigenvalue weighted by Gasteiger charge is 2.18. The van der Waals surface area contributed by atoms with Gasteiger partial charge in [0.15, 0.2) is 0 Å². The van der Waals surface area contributed by atoms with E-state index in [0.717, 1.165) is 5.56 Å². The van der Waals surface area contributed by atoms with Crippen molar-refractivity contribution in [1.82, 2.24) is 14.9 Å². The molecule has 2 aromatic rings. The van der Waals surface area contributed by atoms with Crippen LogP contribution in [0.25, 0.3) is 0 Å². The van der Waals surface area contributed by atoms with E-state index in [0.29, 0.717) is 11.3 Å². The molecule has 0 spiro atoms. The van der Waals surface area contributed by atoms with Crippen molar-refractivity contribution in [2.24, 2.45) is 5.73 Å². The van der Waals surface area contributed by atoms with E-state index in [1.54, 1.807) is 31.2 Å². The molecule has 8 heteroatoms. The summed E-state index contributed by atoms with van der Waals surface area (Å²) < 4.78 is 26.6. The molecule has 0 bridgehead atoms. The summed E-state index contributed by atoms with van der Waals surface area (Å²) in [6, 6.07) is 6.86. The van der Waals surface area contributed by atoms with Crippen LogP contribution in [0.5, 0.6) is 0 Å². The van der Waals surface area contributed by atoms with Crippen LogP contribution in [0.3, 0.4) is 0 Å². The summed E-state index contributed by atoms with van der Waals surface area (Å²) in [5, 5.41) is 13.6. The Kier molecular flexibility index (Phi) is 3.86. The molecule has 0 unspecified atom stereocenters. The van der Waals surface area contributed by atoms with Crippen LogP contribution in [0.4, 0.5) is 0 Å². The van der Waals surface area contributed by atoms with Crippen molar-refractivity contribution in [3.05, 3.63) is 47.3 Å². The summed E-state index contributed by atoms with van der Waals surface area (Å²) in [7, 11) is -3.61. The third-order valence-electron chi connectivity index (χ3n) is 2.78. The Morgan fingerprint density at radius 1 is 1.50 bits per heavy atom. The zero-order valence-corrected chi connectivity index (χ0v) is 11.7. The summed E-state index contributed by atoms with van der Waals surface area (Å²) in [4.78, 5) is 0.125. The smallest absolute Gasteiger partial charge is 0.244 e. The molecule has 2 rings (SSSR count). The zero-order chi connectivity index (χ0) is 14.8. The molecule has 0 radical (unpaired) electrons. The van der Waals surface area contributed by atoms with Crippen LogP contribution in [-0.2, 0) is 16.6 Å². The first-order valence-corrected chi connectivity index (χ1v) is 7.31. The molecule has 0 aliphatic carbocycles. The van der Waals surface area contributed by atoms with Crippen LogP contribution in [0.15, 0.2) is 35.4 Å². The third kappa shape index (κ3) is 3.03. The van der Waals surface area contributed by atoms with Gasteiger partial charge in [0, 0.05) is 12.1 Å². The predicted octanol–water partition coefficient (Wildman–Crippen LogP) is 0.481. The number of nitrogen functional groups attached to an aromatic ring is 1. The molecule has 106 valence electrons. The SMILES string of the molecule is Cc1[nH]ncc1S(=O)(=O)NCc1cccc(C(=N)N)c1. The number of rotatable bonds is 5. The fourth-order valence-corrected chi connectivity index (χ4v) is 2.87. The Hall–Kier alpha value is -2.19. The van der Waals surface area contributed by atoms with Crippen LogP contribution in [0, 0.1) is 12.3 Å². The lowest BCUT2D eigenvalue weighted by Gasteiger charge is -2.07. The number of H-pyrrole nitrogens is 1. The first-order valence-electron chi connectivity index (χ1n) is 5.83. The van der Waals surface area contributed by atoms with Crippen molar-refractivity contribution in [2.75, 3.05) is 0 Å². The van der Waals surface area contributed by atoms with Crippen LogP contribution in [-0.4, -0.2) is 24.5 Å². The molecule has 0 fully saturated rings. The highest BCUT2D eigenvalue weighted by Crippen LogP contribution is 2.12. The largest absolute Gasteiger partial charge is 0.384 e. The van der Waals surface area contributed by atoms with Crippen molar-refractivity contribution in [3.8, 4) is 0 Å². The van der Waals surface area contributed by atoms with E-state index in [4.69, 9.17) is 11.1 Å². The van der Waals surface area contributed by atoms with Gasteiger partial charge in [-0.3, -0.25) is 10.5 Å². The highest BCUT2D eigenvalue weighted by molar-refractivity contribution is 7.89. The van der Waals surface area contributed by atoms with Gasteiger partial charge in [0.25, 0.3) is 0 Å². The van der Waals surface area contributed by atoms with Gasteiger partial charge in [0.2, 0.25) is 10.0 Å². The summed E-state index contributed by atoms with van der Waals surface area (Å²) in [5.74, 6) is -0.0552. The van der Waals surface area contributed by atoms with Gasteiger partial charge in [-0.05, 0) is 18.6 Å². The lowest BCUT2D eigenvalue weighted by Crippen LogP contribution is -2.23. The van der Waals surface area contributed by atoms with E-state index < -0.39 is 10.0 Å². The Morgan fingerprint density at radius 3 is 2.85 bits per heavy atom. The third-order valence-corrected chi connectivity index (χ3v) is 4.29. The van der Waals surface area contributed by atoms with Crippen molar-refractivity contribution >= 4 is 15.9 Å². The van der Waals surface area contributed by atoms with E-state index >= 15 is 0 Å². The van der Waals surface area contributed by atoms with Gasteiger partial charge in [-0.1, -0.05) is 18.2 Å². The predicted molar refractivity (Wildman–Crippen MR) is 74.8 cm³/mol. The summed E-state index contributed by atoms with van der Waals surface area (Å²) in [6.45, 7) is 1.76. The highest BCUT2D eigenvalue weighted by atomic mass is 32.2. The second kappa shape index (κ2) is 5.43. The lowest BCUT2D eigenvalue weighted by atomic mass is 10.1. The average Bonchev–Trinajstić information content (AvgIpc) is 2.84. The van der Waals surface area contributed by atoms with Crippen LogP contribution in [0.1, 0.15) is 16.8 Å². The molecular weight excluding hydrogens is 278 g/mol. The van der Waals surface area contributed by atoms with Crippen LogP contribution < -0.4 is 10.5 Å². The molecule has 0 saturated heterocycles. The topological polar surface area (TPSA) is 125 Å². The first kappa shape index (κ1) is 14.2. The Bertz CT molecular complexity index is 736. The van der Waals surface area contributed by atoms with E-state index in [1.807, 2.05) is 0 Å². The standard InChI is InChI=1S/C12H15N5O2S/c1-8-11(7-15-17-8)20(18,19)16-6-9-3-2-4-10(5-9)12(13)14/h2-5,7,16H,6H2,1H3,(H3,13,14)(H,15,17). The molecule has 1 heterocycles. The second-order valence-electron chi connectivity index (χ2n) is 4.30. The number of hydrogen-bond donors (Lipinski definition) is 4. The Labute approximate surface area is 116 Å². The average molecular weight is 293 g/mol. The number of aryl methyl sites for hydroxylation is 1. The van der Waals surface area contributed by atoms with E-state index in [1.165, 1.54) is 6.20 Å². The van der Waals surface area contributed by atoms with Gasteiger partial charge < -0.3 is 5.73 Å². The van der Waals surface area contributed by atoms with E-state index in [-0.39, 0.29) is 17.3 Å². The normalized spacial score (nSPS) is 11.4. The number of aromatic amines is 1. The molecule has 0 amide bonds. The van der Waals surface area contributed by atoms with Crippen molar-refractivity contribution in [3.63, 3.8) is 0 Å². The molecule has 0 aliphatic heterocycles. The number of amidine groups is 1. The Balaban J connectivity index is 2.15. The zero-order valence-electron chi connectivity index (χ0n) is 10.8. The number of nitrogens with one attached hydrogen (secondary N) is 3. The lowest BCUT2D eigenvalue weighted by molar-refractivity contribution is 0.581. The number of benzene rings is 1. The van der Waals surface area contributed by atoms with Crippen LogP contribution in [0.2, 0.25) is 0 Å². The van der Waals surface area contributed by atoms with Crippen molar-refractivity contribution < 1.29 is 8.42 Å². The summed E-state index contributed by atoms with van der Waals surface area (Å²) >= 11 is 0. The van der Waals surface area contributed by atoms with Crippen molar-refractivity contribution in [1.29, 1.82) is 5.41 Å². The van der Waals surface area contributed by atoms with E-state index in [2.05, 4.69) is 14.9 Å². The molecule has 0 saturated carbocycles. The minimum Gasteiger partial charge on any atom is -0.384 e. The van der Waals surface area contributed by atoms with Crippen molar-refractivity contribution in [2.45, 2.75) is 18.4 Å². The van der Waals surface area contributed by atoms with E-state index in [9.17, 15) is 8.42 Å². The van der Waals surface area contributed by atoms with Gasteiger partial charge >= 0.3 is 0 Å². The fraction of sp³-hybridized carbons (Fsp3) is 0.167. The quantitative estimate of drug-likeness (QED) is 0.472. The maximum atomic E-state index is 12.1. The van der Waals surface area contributed by atoms with Gasteiger partial charge in [-0.2, -0.15) is 5.10 Å². The molecule has 1 aromatic carbocycles. The molecule has 5 N–H and O–H groups in total. The molecule has 0 aliphatic rings. The molecule has 20 heavy (non-hydrogen) atoms. The fourth-order valence-electron chi connectivity index (χ4n) is 1.72. The number of sulfonamides is 1. The number of nitrogens with two attached hydrogens (primary N) is 1. The number of aromatic nitrogens is 2. The second-order valence-corrected chi connectivity index (χ2v) is 6.03. The molecule has 7 nitrogen and oxygen atoms in total.